The first-order valence-corrected chi connectivity index (χ1v) is 6.50. The highest BCUT2D eigenvalue weighted by Gasteiger charge is 2.25. The summed E-state index contributed by atoms with van der Waals surface area (Å²) in [6.07, 6.45) is 4.56. The fourth-order valence-electron chi connectivity index (χ4n) is 2.68. The smallest absolute Gasteiger partial charge is 0.193 e. The van der Waals surface area contributed by atoms with Crippen molar-refractivity contribution in [3.05, 3.63) is 35.5 Å². The summed E-state index contributed by atoms with van der Waals surface area (Å²) in [6.45, 7) is 2.74. The lowest BCUT2D eigenvalue weighted by Crippen LogP contribution is -2.28. The van der Waals surface area contributed by atoms with Crippen molar-refractivity contribution >= 4 is 16.7 Å². The van der Waals surface area contributed by atoms with Crippen molar-refractivity contribution in [2.45, 2.75) is 32.3 Å². The van der Waals surface area contributed by atoms with E-state index in [0.717, 1.165) is 41.3 Å². The van der Waals surface area contributed by atoms with Crippen molar-refractivity contribution in [1.29, 1.82) is 0 Å². The van der Waals surface area contributed by atoms with Crippen molar-refractivity contribution in [2.75, 3.05) is 6.61 Å². The summed E-state index contributed by atoms with van der Waals surface area (Å²) < 4.78 is 5.59. The molecule has 0 spiro atoms. The molecule has 0 bridgehead atoms. The highest BCUT2D eigenvalue weighted by Crippen LogP contribution is 2.25. The number of nitrogens with one attached hydrogen (secondary N) is 1. The SMILES string of the molecule is Cc1cccc2[nH]cc(C(=O)C3CCCCO3)c12. The number of H-pyrrole nitrogens is 1. The Morgan fingerprint density at radius 2 is 2.28 bits per heavy atom. The Morgan fingerprint density at radius 1 is 1.39 bits per heavy atom. The van der Waals surface area contributed by atoms with Gasteiger partial charge in [0.2, 0.25) is 0 Å². The Labute approximate surface area is 106 Å². The normalized spacial score (nSPS) is 20.2. The maximum Gasteiger partial charge on any atom is 0.193 e. The lowest BCUT2D eigenvalue weighted by molar-refractivity contribution is 0.0188. The van der Waals surface area contributed by atoms with Gasteiger partial charge in [-0.2, -0.15) is 0 Å². The van der Waals surface area contributed by atoms with Crippen molar-refractivity contribution in [2.24, 2.45) is 0 Å². The molecule has 1 saturated heterocycles. The number of benzene rings is 1. The minimum Gasteiger partial charge on any atom is -0.370 e. The van der Waals surface area contributed by atoms with Crippen LogP contribution in [0.5, 0.6) is 0 Å². The quantitative estimate of drug-likeness (QED) is 0.823. The van der Waals surface area contributed by atoms with Crippen molar-refractivity contribution in [3.63, 3.8) is 0 Å². The summed E-state index contributed by atoms with van der Waals surface area (Å²) in [5, 5.41) is 1.04. The highest BCUT2D eigenvalue weighted by molar-refractivity contribution is 6.10. The number of ketones is 1. The molecule has 1 fully saturated rings. The molecular formula is C15H17NO2. The molecule has 1 aromatic carbocycles. The van der Waals surface area contributed by atoms with Gasteiger partial charge in [-0.25, -0.2) is 0 Å². The average Bonchev–Trinajstić information content (AvgIpc) is 2.84. The fraction of sp³-hybridized carbons (Fsp3) is 0.400. The second-order valence-corrected chi connectivity index (χ2v) is 4.92. The number of fused-ring (bicyclic) bond motifs is 1. The molecule has 1 aliphatic heterocycles. The van der Waals surface area contributed by atoms with E-state index in [2.05, 4.69) is 4.98 Å². The van der Waals surface area contributed by atoms with Crippen LogP contribution in [0.1, 0.15) is 35.2 Å². The van der Waals surface area contributed by atoms with Gasteiger partial charge >= 0.3 is 0 Å². The monoisotopic (exact) mass is 243 g/mol. The summed E-state index contributed by atoms with van der Waals surface area (Å²) in [5.41, 5.74) is 2.93. The van der Waals surface area contributed by atoms with Gasteiger partial charge in [-0.3, -0.25) is 4.79 Å². The molecule has 2 aromatic rings. The molecule has 94 valence electrons. The van der Waals surface area contributed by atoms with Crippen LogP contribution < -0.4 is 0 Å². The van der Waals surface area contributed by atoms with Gasteiger partial charge < -0.3 is 9.72 Å². The third kappa shape index (κ3) is 1.85. The summed E-state index contributed by atoms with van der Waals surface area (Å²) in [4.78, 5) is 15.7. The molecule has 1 aliphatic rings. The third-order valence-corrected chi connectivity index (χ3v) is 3.65. The van der Waals surface area contributed by atoms with Crippen LogP contribution in [0.25, 0.3) is 10.9 Å². The molecule has 0 aliphatic carbocycles. The molecule has 0 amide bonds. The fourth-order valence-corrected chi connectivity index (χ4v) is 2.68. The van der Waals surface area contributed by atoms with E-state index in [4.69, 9.17) is 4.74 Å². The Kier molecular flexibility index (Phi) is 2.92. The molecule has 3 nitrogen and oxygen atoms in total. The molecule has 1 aromatic heterocycles. The van der Waals surface area contributed by atoms with Gasteiger partial charge in [0.15, 0.2) is 5.78 Å². The van der Waals surface area contributed by atoms with Crippen LogP contribution in [0.2, 0.25) is 0 Å². The number of Topliss-reactive ketones (excluding diaryl/α,β-unsaturated/α-hetero) is 1. The van der Waals surface area contributed by atoms with Gasteiger partial charge in [-0.1, -0.05) is 12.1 Å². The summed E-state index contributed by atoms with van der Waals surface area (Å²) in [6, 6.07) is 6.04. The van der Waals surface area contributed by atoms with Crippen LogP contribution in [-0.4, -0.2) is 23.5 Å². The zero-order valence-corrected chi connectivity index (χ0v) is 10.5. The topological polar surface area (TPSA) is 42.1 Å². The predicted molar refractivity (Wildman–Crippen MR) is 71.0 cm³/mol. The van der Waals surface area contributed by atoms with E-state index in [9.17, 15) is 4.79 Å². The van der Waals surface area contributed by atoms with Crippen LogP contribution in [0.15, 0.2) is 24.4 Å². The predicted octanol–water partition coefficient (Wildman–Crippen LogP) is 3.23. The molecule has 2 heterocycles. The number of ether oxygens (including phenoxy) is 1. The van der Waals surface area contributed by atoms with E-state index >= 15 is 0 Å². The number of aromatic nitrogens is 1. The zero-order valence-electron chi connectivity index (χ0n) is 10.5. The van der Waals surface area contributed by atoms with Crippen LogP contribution in [-0.2, 0) is 4.74 Å². The maximum absolute atomic E-state index is 12.5. The van der Waals surface area contributed by atoms with Gasteiger partial charge in [0.25, 0.3) is 0 Å². The Balaban J connectivity index is 2.01. The highest BCUT2D eigenvalue weighted by atomic mass is 16.5. The van der Waals surface area contributed by atoms with Crippen molar-refractivity contribution in [3.8, 4) is 0 Å². The summed E-state index contributed by atoms with van der Waals surface area (Å²) in [5.74, 6) is 0.121. The number of aromatic amines is 1. The van der Waals surface area contributed by atoms with Crippen LogP contribution in [0.4, 0.5) is 0 Å². The number of hydrogen-bond acceptors (Lipinski definition) is 2. The van der Waals surface area contributed by atoms with Gasteiger partial charge in [0.1, 0.15) is 6.10 Å². The molecule has 1 N–H and O–H groups in total. The largest absolute Gasteiger partial charge is 0.370 e. The van der Waals surface area contributed by atoms with Crippen LogP contribution in [0.3, 0.4) is 0 Å². The second kappa shape index (κ2) is 4.58. The Morgan fingerprint density at radius 3 is 3.06 bits per heavy atom. The van der Waals surface area contributed by atoms with Gasteiger partial charge in [-0.05, 0) is 37.8 Å². The number of carbonyl (C=O) groups excluding carboxylic acids is 1. The van der Waals surface area contributed by atoms with Gasteiger partial charge in [0, 0.05) is 29.3 Å². The maximum atomic E-state index is 12.5. The van der Waals surface area contributed by atoms with Gasteiger partial charge in [0.05, 0.1) is 0 Å². The minimum absolute atomic E-state index is 0.121. The van der Waals surface area contributed by atoms with E-state index in [1.807, 2.05) is 31.3 Å². The molecule has 3 rings (SSSR count). The molecule has 18 heavy (non-hydrogen) atoms. The Bertz CT molecular complexity index is 579. The molecular weight excluding hydrogens is 226 g/mol. The first-order chi connectivity index (χ1) is 8.77. The Hall–Kier alpha value is -1.61. The molecule has 1 atom stereocenters. The number of hydrogen-bond donors (Lipinski definition) is 1. The van der Waals surface area contributed by atoms with Crippen molar-refractivity contribution < 1.29 is 9.53 Å². The van der Waals surface area contributed by atoms with E-state index < -0.39 is 0 Å². The number of rotatable bonds is 2. The summed E-state index contributed by atoms with van der Waals surface area (Å²) >= 11 is 0. The van der Waals surface area contributed by atoms with E-state index in [1.165, 1.54) is 0 Å². The lowest BCUT2D eigenvalue weighted by atomic mass is 9.98. The zero-order chi connectivity index (χ0) is 12.5. The van der Waals surface area contributed by atoms with Crippen molar-refractivity contribution in [1.82, 2.24) is 4.98 Å². The second-order valence-electron chi connectivity index (χ2n) is 4.92. The molecule has 0 saturated carbocycles. The van der Waals surface area contributed by atoms with Gasteiger partial charge in [-0.15, -0.1) is 0 Å². The number of aryl methyl sites for hydroxylation is 1. The molecule has 1 unspecified atom stereocenters. The average molecular weight is 243 g/mol. The minimum atomic E-state index is -0.252. The van der Waals surface area contributed by atoms with E-state index in [1.54, 1.807) is 0 Å². The first kappa shape index (κ1) is 11.5. The van der Waals surface area contributed by atoms with E-state index in [0.29, 0.717) is 6.61 Å². The standard InChI is InChI=1S/C15H17NO2/c1-10-5-4-6-12-14(10)11(9-16-12)15(17)13-7-2-3-8-18-13/h4-6,9,13,16H,2-3,7-8H2,1H3. The number of carbonyl (C=O) groups is 1. The first-order valence-electron chi connectivity index (χ1n) is 6.50. The lowest BCUT2D eigenvalue weighted by Gasteiger charge is -2.21. The molecule has 3 heteroatoms. The molecule has 0 radical (unpaired) electrons. The van der Waals surface area contributed by atoms with Crippen LogP contribution >= 0.6 is 0 Å². The summed E-state index contributed by atoms with van der Waals surface area (Å²) in [7, 11) is 0. The van der Waals surface area contributed by atoms with Crippen LogP contribution in [0, 0.1) is 6.92 Å². The third-order valence-electron chi connectivity index (χ3n) is 3.65. The van der Waals surface area contributed by atoms with E-state index in [-0.39, 0.29) is 11.9 Å².